The second-order valence-electron chi connectivity index (χ2n) is 4.45. The summed E-state index contributed by atoms with van der Waals surface area (Å²) in [6.07, 6.45) is 2.43. The van der Waals surface area contributed by atoms with Gasteiger partial charge in [0.1, 0.15) is 12.0 Å². The molecule has 106 valence electrons. The molecule has 1 aliphatic rings. The molecule has 2 heterocycles. The van der Waals surface area contributed by atoms with Crippen LogP contribution in [0.4, 0.5) is 11.4 Å². The van der Waals surface area contributed by atoms with Crippen LogP contribution in [-0.4, -0.2) is 31.5 Å². The van der Waals surface area contributed by atoms with Crippen molar-refractivity contribution in [3.05, 3.63) is 46.0 Å². The Morgan fingerprint density at radius 3 is 2.86 bits per heavy atom. The van der Waals surface area contributed by atoms with E-state index in [1.807, 2.05) is 0 Å². The van der Waals surface area contributed by atoms with Gasteiger partial charge in [0.15, 0.2) is 5.69 Å². The molecule has 1 aromatic carbocycles. The Labute approximate surface area is 117 Å². The van der Waals surface area contributed by atoms with Crippen LogP contribution < -0.4 is 5.32 Å². The maximum Gasteiger partial charge on any atom is 0.356 e. The number of anilines is 1. The Hall–Kier alpha value is -3.23. The molecule has 0 radical (unpaired) electrons. The minimum atomic E-state index is -1.23. The molecule has 1 amide bonds. The van der Waals surface area contributed by atoms with Crippen LogP contribution in [0.1, 0.15) is 16.1 Å². The molecule has 1 aromatic heterocycles. The molecule has 0 aliphatic carbocycles. The minimum Gasteiger partial charge on any atom is -0.476 e. The Balaban J connectivity index is 2.16. The van der Waals surface area contributed by atoms with Crippen molar-refractivity contribution >= 4 is 23.3 Å². The van der Waals surface area contributed by atoms with Gasteiger partial charge in [-0.1, -0.05) is 0 Å². The summed E-state index contributed by atoms with van der Waals surface area (Å²) in [5.74, 6) is -1.47. The smallest absolute Gasteiger partial charge is 0.356 e. The predicted octanol–water partition coefficient (Wildman–Crippen LogP) is 0.973. The number of carbonyl (C=O) groups is 2. The zero-order chi connectivity index (χ0) is 15.1. The van der Waals surface area contributed by atoms with Crippen LogP contribution >= 0.6 is 0 Å². The van der Waals surface area contributed by atoms with Gasteiger partial charge in [0, 0.05) is 18.0 Å². The second kappa shape index (κ2) is 4.40. The number of imidazole rings is 1. The van der Waals surface area contributed by atoms with Crippen LogP contribution in [0.25, 0.3) is 5.69 Å². The summed E-state index contributed by atoms with van der Waals surface area (Å²) in [4.78, 5) is 36.4. The number of aromatic nitrogens is 2. The number of fused-ring (bicyclic) bond motifs is 1. The molecular weight excluding hydrogens is 280 g/mol. The number of nitrogens with zero attached hydrogens (tertiary/aromatic N) is 3. The Morgan fingerprint density at radius 1 is 1.48 bits per heavy atom. The summed E-state index contributed by atoms with van der Waals surface area (Å²) < 4.78 is 1.24. The van der Waals surface area contributed by atoms with Crippen molar-refractivity contribution in [2.75, 3.05) is 5.32 Å². The molecule has 0 spiro atoms. The zero-order valence-electron chi connectivity index (χ0n) is 10.4. The van der Waals surface area contributed by atoms with Crippen molar-refractivity contribution in [1.29, 1.82) is 0 Å². The molecule has 9 nitrogen and oxygen atoms in total. The minimum absolute atomic E-state index is 0.0841. The lowest BCUT2D eigenvalue weighted by Gasteiger charge is -2.06. The molecule has 21 heavy (non-hydrogen) atoms. The van der Waals surface area contributed by atoms with Gasteiger partial charge in [-0.2, -0.15) is 0 Å². The van der Waals surface area contributed by atoms with Crippen LogP contribution in [0.15, 0.2) is 24.7 Å². The third-order valence-corrected chi connectivity index (χ3v) is 3.10. The van der Waals surface area contributed by atoms with E-state index >= 15 is 0 Å². The molecule has 0 atom stereocenters. The highest BCUT2D eigenvalue weighted by Crippen LogP contribution is 2.33. The topological polar surface area (TPSA) is 127 Å². The summed E-state index contributed by atoms with van der Waals surface area (Å²) in [7, 11) is 0. The number of nitro groups is 1. The number of benzene rings is 1. The summed E-state index contributed by atoms with van der Waals surface area (Å²) >= 11 is 0. The van der Waals surface area contributed by atoms with Gasteiger partial charge in [-0.15, -0.1) is 0 Å². The first-order chi connectivity index (χ1) is 9.95. The first kappa shape index (κ1) is 12.8. The fourth-order valence-corrected chi connectivity index (χ4v) is 2.17. The number of hydrogen-bond acceptors (Lipinski definition) is 5. The fourth-order valence-electron chi connectivity index (χ4n) is 2.17. The van der Waals surface area contributed by atoms with Gasteiger partial charge in [0.2, 0.25) is 5.91 Å². The maximum absolute atomic E-state index is 11.3. The molecule has 0 bridgehead atoms. The third-order valence-electron chi connectivity index (χ3n) is 3.10. The average molecular weight is 288 g/mol. The van der Waals surface area contributed by atoms with E-state index in [1.54, 1.807) is 0 Å². The van der Waals surface area contributed by atoms with Gasteiger partial charge in [0.05, 0.1) is 11.3 Å². The number of carbonyl (C=O) groups excluding carboxylic acids is 1. The largest absolute Gasteiger partial charge is 0.476 e. The Bertz CT molecular complexity index is 795. The summed E-state index contributed by atoms with van der Waals surface area (Å²) in [5.41, 5.74) is 0.703. The Kier molecular flexibility index (Phi) is 2.68. The molecule has 9 heteroatoms. The van der Waals surface area contributed by atoms with Crippen LogP contribution in [0.2, 0.25) is 0 Å². The fraction of sp³-hybridized carbons (Fsp3) is 0.0833. The Morgan fingerprint density at radius 2 is 2.24 bits per heavy atom. The molecule has 0 fully saturated rings. The third kappa shape index (κ3) is 2.10. The summed E-state index contributed by atoms with van der Waals surface area (Å²) in [6.45, 7) is 0. The second-order valence-corrected chi connectivity index (χ2v) is 4.45. The number of nitrogens with one attached hydrogen (secondary N) is 1. The van der Waals surface area contributed by atoms with Crippen molar-refractivity contribution in [1.82, 2.24) is 9.55 Å². The molecule has 2 aromatic rings. The molecule has 2 N–H and O–H groups in total. The number of amides is 1. The number of carboxylic acid groups (broad SMARTS) is 1. The van der Waals surface area contributed by atoms with Gasteiger partial charge in [-0.25, -0.2) is 9.78 Å². The summed E-state index contributed by atoms with van der Waals surface area (Å²) in [6, 6.07) is 2.74. The van der Waals surface area contributed by atoms with E-state index < -0.39 is 10.9 Å². The van der Waals surface area contributed by atoms with Gasteiger partial charge in [-0.05, 0) is 11.6 Å². The van der Waals surface area contributed by atoms with Gasteiger partial charge >= 0.3 is 5.97 Å². The molecule has 0 saturated heterocycles. The van der Waals surface area contributed by atoms with Crippen LogP contribution in [0.5, 0.6) is 0 Å². The van der Waals surface area contributed by atoms with Crippen molar-refractivity contribution in [2.24, 2.45) is 0 Å². The van der Waals surface area contributed by atoms with Crippen LogP contribution in [0, 0.1) is 10.1 Å². The van der Waals surface area contributed by atoms with E-state index in [9.17, 15) is 19.7 Å². The highest BCUT2D eigenvalue weighted by atomic mass is 16.6. The number of carboxylic acids is 1. The highest BCUT2D eigenvalue weighted by Gasteiger charge is 2.25. The lowest BCUT2D eigenvalue weighted by atomic mass is 10.1. The first-order valence-electron chi connectivity index (χ1n) is 5.84. The molecule has 0 saturated carbocycles. The molecule has 1 aliphatic heterocycles. The lowest BCUT2D eigenvalue weighted by Crippen LogP contribution is -2.04. The predicted molar refractivity (Wildman–Crippen MR) is 69.5 cm³/mol. The maximum atomic E-state index is 11.3. The van der Waals surface area contributed by atoms with E-state index in [1.165, 1.54) is 29.2 Å². The number of hydrogen-bond donors (Lipinski definition) is 2. The van der Waals surface area contributed by atoms with Gasteiger partial charge in [0.25, 0.3) is 5.69 Å². The average Bonchev–Trinajstić information content (AvgIpc) is 3.01. The van der Waals surface area contributed by atoms with Gasteiger partial charge < -0.3 is 10.4 Å². The van der Waals surface area contributed by atoms with Crippen LogP contribution in [0.3, 0.4) is 0 Å². The zero-order valence-corrected chi connectivity index (χ0v) is 10.4. The number of rotatable bonds is 3. The van der Waals surface area contributed by atoms with E-state index in [0.29, 0.717) is 11.3 Å². The standard InChI is InChI=1S/C12H8N4O5/c17-11-2-6-1-10(16(20)21)9(3-7(6)14-11)15-4-8(12(18)19)13-5-15/h1,3-5H,2H2,(H,14,17)(H,18,19). The van der Waals surface area contributed by atoms with Crippen molar-refractivity contribution in [2.45, 2.75) is 6.42 Å². The molecule has 0 unspecified atom stereocenters. The van der Waals surface area contributed by atoms with Gasteiger partial charge in [-0.3, -0.25) is 19.5 Å². The number of nitro benzene ring substituents is 1. The quantitative estimate of drug-likeness (QED) is 0.640. The SMILES string of the molecule is O=C1Cc2cc([N+](=O)[O-])c(-n3cnc(C(=O)O)c3)cc2N1. The summed E-state index contributed by atoms with van der Waals surface area (Å²) in [5, 5.41) is 22.6. The lowest BCUT2D eigenvalue weighted by molar-refractivity contribution is -0.384. The first-order valence-corrected chi connectivity index (χ1v) is 5.84. The van der Waals surface area contributed by atoms with Crippen molar-refractivity contribution < 1.29 is 19.6 Å². The monoisotopic (exact) mass is 288 g/mol. The molecular formula is C12H8N4O5. The van der Waals surface area contributed by atoms with E-state index in [0.717, 1.165) is 0 Å². The molecule has 3 rings (SSSR count). The van der Waals surface area contributed by atoms with E-state index in [-0.39, 0.29) is 29.4 Å². The number of aromatic carboxylic acids is 1. The van der Waals surface area contributed by atoms with E-state index in [4.69, 9.17) is 5.11 Å². The van der Waals surface area contributed by atoms with E-state index in [2.05, 4.69) is 10.3 Å². The van der Waals surface area contributed by atoms with Crippen molar-refractivity contribution in [3.8, 4) is 5.69 Å². The van der Waals surface area contributed by atoms with Crippen LogP contribution in [-0.2, 0) is 11.2 Å². The highest BCUT2D eigenvalue weighted by molar-refractivity contribution is 6.00. The van der Waals surface area contributed by atoms with Crippen molar-refractivity contribution in [3.63, 3.8) is 0 Å². The normalized spacial score (nSPS) is 12.9.